The van der Waals surface area contributed by atoms with E-state index in [0.29, 0.717) is 21.7 Å². The summed E-state index contributed by atoms with van der Waals surface area (Å²) in [5.41, 5.74) is 7.06. The molecular formula is C36H34Cl2N4O2. The maximum Gasteiger partial charge on any atom is 0.337 e. The van der Waals surface area contributed by atoms with Crippen molar-refractivity contribution < 1.29 is 9.53 Å². The van der Waals surface area contributed by atoms with Crippen LogP contribution in [0, 0.1) is 0 Å². The molecule has 8 heteroatoms. The number of halogens is 2. The lowest BCUT2D eigenvalue weighted by atomic mass is 9.84. The van der Waals surface area contributed by atoms with E-state index in [0.717, 1.165) is 77.7 Å². The topological polar surface area (TPSA) is 67.3 Å². The minimum Gasteiger partial charge on any atom is -0.465 e. The average molecular weight is 626 g/mol. The first-order valence-electron chi connectivity index (χ1n) is 14.9. The summed E-state index contributed by atoms with van der Waals surface area (Å²) in [6.07, 6.45) is 4.80. The van der Waals surface area contributed by atoms with Gasteiger partial charge in [0.15, 0.2) is 0 Å². The van der Waals surface area contributed by atoms with Crippen LogP contribution in [0.3, 0.4) is 0 Å². The highest BCUT2D eigenvalue weighted by molar-refractivity contribution is 6.30. The van der Waals surface area contributed by atoms with Crippen LogP contribution in [0.25, 0.3) is 10.9 Å². The number of esters is 1. The molecule has 1 N–H and O–H groups in total. The summed E-state index contributed by atoms with van der Waals surface area (Å²) in [5.74, 6) is -0.291. The van der Waals surface area contributed by atoms with E-state index in [1.807, 2.05) is 42.6 Å². The van der Waals surface area contributed by atoms with Crippen molar-refractivity contribution in [3.63, 3.8) is 0 Å². The van der Waals surface area contributed by atoms with Crippen molar-refractivity contribution in [2.45, 2.75) is 31.2 Å². The molecule has 1 fully saturated rings. The molecule has 1 aliphatic heterocycles. The van der Waals surface area contributed by atoms with Crippen LogP contribution in [0.5, 0.6) is 0 Å². The normalized spacial score (nSPS) is 14.2. The summed E-state index contributed by atoms with van der Waals surface area (Å²) in [4.78, 5) is 14.4. The van der Waals surface area contributed by atoms with Crippen LogP contribution < -0.4 is 5.32 Å². The third kappa shape index (κ3) is 7.05. The Hall–Kier alpha value is -3.97. The molecule has 44 heavy (non-hydrogen) atoms. The SMILES string of the molecule is COC(=O)c1cccc(CCN2CCC(Nc3cnnc4ccc(C(c5ccc(Cl)cc5)c5ccc(Cl)cc5)cc34)CC2)c1. The third-order valence-electron chi connectivity index (χ3n) is 8.42. The summed E-state index contributed by atoms with van der Waals surface area (Å²) >= 11 is 12.5. The number of ether oxygens (including phenoxy) is 1. The quantitative estimate of drug-likeness (QED) is 0.132. The number of aromatic nitrogens is 2. The predicted octanol–water partition coefficient (Wildman–Crippen LogP) is 8.02. The lowest BCUT2D eigenvalue weighted by Gasteiger charge is -2.33. The Morgan fingerprint density at radius 1 is 0.909 bits per heavy atom. The molecule has 0 bridgehead atoms. The van der Waals surface area contributed by atoms with Crippen molar-refractivity contribution in [2.24, 2.45) is 0 Å². The highest BCUT2D eigenvalue weighted by Crippen LogP contribution is 2.36. The minimum atomic E-state index is -0.297. The molecule has 4 aromatic carbocycles. The second-order valence-corrected chi connectivity index (χ2v) is 12.1. The second-order valence-electron chi connectivity index (χ2n) is 11.3. The zero-order valence-electron chi connectivity index (χ0n) is 24.5. The number of rotatable bonds is 9. The summed E-state index contributed by atoms with van der Waals surface area (Å²) in [7, 11) is 1.41. The van der Waals surface area contributed by atoms with Gasteiger partial charge in [0.1, 0.15) is 0 Å². The van der Waals surface area contributed by atoms with Gasteiger partial charge in [0.25, 0.3) is 0 Å². The van der Waals surface area contributed by atoms with Gasteiger partial charge < -0.3 is 15.0 Å². The standard InChI is InChI=1S/C36H34Cl2N4O2/c1-44-36(43)28-4-2-3-24(21-28)15-18-42-19-16-31(17-20-42)40-34-23-39-41-33-14-9-27(22-32(33)34)35(25-5-10-29(37)11-6-25)26-7-12-30(38)13-8-26/h2-14,21-23,31,35H,15-20H2,1H3,(H,40,41). The van der Waals surface area contributed by atoms with E-state index in [-0.39, 0.29) is 11.9 Å². The van der Waals surface area contributed by atoms with Gasteiger partial charge in [0.2, 0.25) is 0 Å². The highest BCUT2D eigenvalue weighted by atomic mass is 35.5. The maximum absolute atomic E-state index is 11.9. The molecule has 6 nitrogen and oxygen atoms in total. The number of nitrogens with zero attached hydrogens (tertiary/aromatic N) is 3. The van der Waals surface area contributed by atoms with E-state index >= 15 is 0 Å². The van der Waals surface area contributed by atoms with E-state index in [9.17, 15) is 4.79 Å². The van der Waals surface area contributed by atoms with E-state index in [2.05, 4.69) is 68.9 Å². The second kappa shape index (κ2) is 13.8. The number of carbonyl (C=O) groups excluding carboxylic acids is 1. The largest absolute Gasteiger partial charge is 0.465 e. The Morgan fingerprint density at radius 3 is 2.23 bits per heavy atom. The van der Waals surface area contributed by atoms with Gasteiger partial charge in [0.05, 0.1) is 30.1 Å². The van der Waals surface area contributed by atoms with Gasteiger partial charge in [-0.2, -0.15) is 10.2 Å². The molecule has 1 aromatic heterocycles. The third-order valence-corrected chi connectivity index (χ3v) is 8.92. The summed E-state index contributed by atoms with van der Waals surface area (Å²) < 4.78 is 4.87. The number of hydrogen-bond donors (Lipinski definition) is 1. The van der Waals surface area contributed by atoms with Crippen molar-refractivity contribution in [1.82, 2.24) is 15.1 Å². The zero-order chi connectivity index (χ0) is 30.5. The van der Waals surface area contributed by atoms with E-state index in [4.69, 9.17) is 27.9 Å². The number of methoxy groups -OCH3 is 1. The monoisotopic (exact) mass is 624 g/mol. The Balaban J connectivity index is 1.17. The Bertz CT molecular complexity index is 1690. The van der Waals surface area contributed by atoms with Gasteiger partial charge in [-0.3, -0.25) is 0 Å². The first kappa shape index (κ1) is 30.1. The van der Waals surface area contributed by atoms with Crippen LogP contribution in [0.1, 0.15) is 51.4 Å². The van der Waals surface area contributed by atoms with Gasteiger partial charge >= 0.3 is 5.97 Å². The van der Waals surface area contributed by atoms with Crippen molar-refractivity contribution in [1.29, 1.82) is 0 Å². The molecule has 1 aliphatic rings. The fourth-order valence-corrected chi connectivity index (χ4v) is 6.29. The molecule has 5 aromatic rings. The molecule has 0 amide bonds. The van der Waals surface area contributed by atoms with Gasteiger partial charge in [0, 0.05) is 47.0 Å². The Kier molecular flexibility index (Phi) is 9.41. The molecule has 0 saturated carbocycles. The molecule has 0 aliphatic carbocycles. The van der Waals surface area contributed by atoms with Gasteiger partial charge in [-0.05, 0) is 90.0 Å². The Morgan fingerprint density at radius 2 is 1.57 bits per heavy atom. The van der Waals surface area contributed by atoms with Crippen molar-refractivity contribution in [2.75, 3.05) is 32.1 Å². The highest BCUT2D eigenvalue weighted by Gasteiger charge is 2.22. The van der Waals surface area contributed by atoms with Crippen molar-refractivity contribution in [3.8, 4) is 0 Å². The maximum atomic E-state index is 11.9. The molecule has 6 rings (SSSR count). The van der Waals surface area contributed by atoms with Crippen LogP contribution in [0.4, 0.5) is 5.69 Å². The lowest BCUT2D eigenvalue weighted by molar-refractivity contribution is 0.0600. The van der Waals surface area contributed by atoms with Crippen molar-refractivity contribution >= 4 is 45.8 Å². The number of carbonyl (C=O) groups is 1. The van der Waals surface area contributed by atoms with E-state index in [1.165, 1.54) is 7.11 Å². The van der Waals surface area contributed by atoms with Gasteiger partial charge in [-0.1, -0.05) is 65.7 Å². The van der Waals surface area contributed by atoms with Crippen LogP contribution >= 0.6 is 23.2 Å². The number of nitrogens with one attached hydrogen (secondary N) is 1. The lowest BCUT2D eigenvalue weighted by Crippen LogP contribution is -2.40. The van der Waals surface area contributed by atoms with Crippen LogP contribution in [-0.2, 0) is 11.2 Å². The number of fused-ring (bicyclic) bond motifs is 1. The average Bonchev–Trinajstić information content (AvgIpc) is 3.06. The molecule has 2 heterocycles. The molecule has 0 unspecified atom stereocenters. The van der Waals surface area contributed by atoms with Crippen LogP contribution in [0.15, 0.2) is 97.2 Å². The number of hydrogen-bond acceptors (Lipinski definition) is 6. The first-order valence-corrected chi connectivity index (χ1v) is 15.6. The number of benzene rings is 4. The first-order chi connectivity index (χ1) is 21.5. The molecule has 0 spiro atoms. The van der Waals surface area contributed by atoms with Gasteiger partial charge in [-0.25, -0.2) is 4.79 Å². The molecule has 0 atom stereocenters. The van der Waals surface area contributed by atoms with Crippen molar-refractivity contribution in [3.05, 3.63) is 135 Å². The number of likely N-dealkylation sites (tertiary alicyclic amines) is 1. The fourth-order valence-electron chi connectivity index (χ4n) is 6.04. The summed E-state index contributed by atoms with van der Waals surface area (Å²) in [6.45, 7) is 2.97. The molecule has 224 valence electrons. The fraction of sp³-hybridized carbons (Fsp3) is 0.250. The summed E-state index contributed by atoms with van der Waals surface area (Å²) in [5, 5.41) is 15.0. The smallest absolute Gasteiger partial charge is 0.337 e. The summed E-state index contributed by atoms with van der Waals surface area (Å²) in [6, 6.07) is 30.6. The molecule has 0 radical (unpaired) electrons. The predicted molar refractivity (Wildman–Crippen MR) is 178 cm³/mol. The Labute approximate surface area is 268 Å². The van der Waals surface area contributed by atoms with Crippen LogP contribution in [-0.4, -0.2) is 53.9 Å². The molecular weight excluding hydrogens is 591 g/mol. The number of anilines is 1. The minimum absolute atomic E-state index is 0.00602. The van der Waals surface area contributed by atoms with E-state index < -0.39 is 0 Å². The molecule has 1 saturated heterocycles. The van der Waals surface area contributed by atoms with Gasteiger partial charge in [-0.15, -0.1) is 0 Å². The van der Waals surface area contributed by atoms with Crippen LogP contribution in [0.2, 0.25) is 10.0 Å². The number of piperidine rings is 1. The zero-order valence-corrected chi connectivity index (χ0v) is 26.1. The van der Waals surface area contributed by atoms with E-state index in [1.54, 1.807) is 6.07 Å².